The summed E-state index contributed by atoms with van der Waals surface area (Å²) >= 11 is 0. The van der Waals surface area contributed by atoms with Crippen molar-refractivity contribution in [2.75, 3.05) is 13.2 Å². The molecule has 0 aromatic carbocycles. The first-order valence-electron chi connectivity index (χ1n) is 9.45. The Morgan fingerprint density at radius 3 is 2.71 bits per heavy atom. The van der Waals surface area contributed by atoms with Crippen LogP contribution in [0.1, 0.15) is 40.0 Å². The Morgan fingerprint density at radius 1 is 1.39 bits per heavy atom. The van der Waals surface area contributed by atoms with E-state index in [-0.39, 0.29) is 31.5 Å². The summed E-state index contributed by atoms with van der Waals surface area (Å²) in [6.07, 6.45) is 3.76. The van der Waals surface area contributed by atoms with Gasteiger partial charge in [-0.15, -0.1) is 0 Å². The lowest BCUT2D eigenvalue weighted by molar-refractivity contribution is -0.148. The van der Waals surface area contributed by atoms with E-state index in [0.29, 0.717) is 24.0 Å². The molecule has 3 atom stereocenters. The topological polar surface area (TPSA) is 99.1 Å². The predicted octanol–water partition coefficient (Wildman–Crippen LogP) is 2.24. The van der Waals surface area contributed by atoms with Gasteiger partial charge in [0, 0.05) is 24.0 Å². The highest BCUT2D eigenvalue weighted by atomic mass is 16.6. The van der Waals surface area contributed by atoms with Gasteiger partial charge >= 0.3 is 17.9 Å². The van der Waals surface area contributed by atoms with Gasteiger partial charge in [0.15, 0.2) is 0 Å². The maximum absolute atomic E-state index is 12.0. The zero-order chi connectivity index (χ0) is 20.8. The number of rotatable bonds is 5. The zero-order valence-electron chi connectivity index (χ0n) is 16.6. The molecule has 0 radical (unpaired) electrons. The quantitative estimate of drug-likeness (QED) is 0.331. The number of esters is 3. The van der Waals surface area contributed by atoms with Crippen LogP contribution in [-0.2, 0) is 28.6 Å². The lowest BCUT2D eigenvalue weighted by atomic mass is 9.86. The first kappa shape index (κ1) is 21.9. The number of allylic oxidation sites excluding steroid dienone is 1. The summed E-state index contributed by atoms with van der Waals surface area (Å²) in [5, 5.41) is 9.61. The molecular formula is C21H28O7. The molecule has 0 saturated carbocycles. The molecule has 1 heterocycles. The second-order valence-corrected chi connectivity index (χ2v) is 7.40. The highest BCUT2D eigenvalue weighted by Gasteiger charge is 2.40. The highest BCUT2D eigenvalue weighted by Crippen LogP contribution is 2.35. The summed E-state index contributed by atoms with van der Waals surface area (Å²) in [6.45, 7) is 8.45. The second-order valence-electron chi connectivity index (χ2n) is 7.40. The molecule has 0 aromatic heterocycles. The molecule has 1 N–H and O–H groups in total. The Morgan fingerprint density at radius 2 is 2.11 bits per heavy atom. The van der Waals surface area contributed by atoms with Gasteiger partial charge in [0.05, 0.1) is 12.5 Å². The monoisotopic (exact) mass is 392 g/mol. The number of fused-ring (bicyclic) bond motifs is 1. The van der Waals surface area contributed by atoms with Crippen LogP contribution in [0.15, 0.2) is 35.5 Å². The fraction of sp³-hybridized carbons (Fsp3) is 0.571. The average Bonchev–Trinajstić information content (AvgIpc) is 2.89. The van der Waals surface area contributed by atoms with Gasteiger partial charge in [0.25, 0.3) is 0 Å². The molecule has 2 rings (SSSR count). The number of ether oxygens (including phenoxy) is 3. The van der Waals surface area contributed by atoms with E-state index in [9.17, 15) is 19.5 Å². The van der Waals surface area contributed by atoms with Gasteiger partial charge in [0.2, 0.25) is 0 Å². The first-order valence-corrected chi connectivity index (χ1v) is 9.45. The van der Waals surface area contributed by atoms with Crippen molar-refractivity contribution in [3.63, 3.8) is 0 Å². The number of carbonyl (C=O) groups excluding carboxylic acids is 3. The predicted molar refractivity (Wildman–Crippen MR) is 101 cm³/mol. The van der Waals surface area contributed by atoms with E-state index < -0.39 is 30.1 Å². The number of aliphatic hydroxyl groups excluding tert-OH is 1. The molecule has 28 heavy (non-hydrogen) atoms. The van der Waals surface area contributed by atoms with Crippen molar-refractivity contribution in [1.82, 2.24) is 0 Å². The summed E-state index contributed by atoms with van der Waals surface area (Å²) < 4.78 is 16.2. The fourth-order valence-electron chi connectivity index (χ4n) is 3.26. The Bertz CT molecular complexity index is 702. The second kappa shape index (κ2) is 9.68. The van der Waals surface area contributed by atoms with Crippen molar-refractivity contribution in [2.24, 2.45) is 11.8 Å². The largest absolute Gasteiger partial charge is 0.461 e. The van der Waals surface area contributed by atoms with Gasteiger partial charge in [-0.3, -0.25) is 9.59 Å². The third kappa shape index (κ3) is 5.55. The third-order valence-electron chi connectivity index (χ3n) is 4.87. The Hall–Kier alpha value is -2.41. The van der Waals surface area contributed by atoms with Crippen LogP contribution < -0.4 is 0 Å². The number of hydrogen-bond acceptors (Lipinski definition) is 7. The van der Waals surface area contributed by atoms with Crippen molar-refractivity contribution >= 4 is 17.9 Å². The van der Waals surface area contributed by atoms with Crippen molar-refractivity contribution in [1.29, 1.82) is 0 Å². The van der Waals surface area contributed by atoms with Crippen molar-refractivity contribution in [2.45, 2.75) is 52.2 Å². The van der Waals surface area contributed by atoms with Crippen LogP contribution in [-0.4, -0.2) is 48.4 Å². The fourth-order valence-corrected chi connectivity index (χ4v) is 3.26. The summed E-state index contributed by atoms with van der Waals surface area (Å²) in [4.78, 5) is 35.6. The van der Waals surface area contributed by atoms with Crippen molar-refractivity contribution < 1.29 is 33.7 Å². The molecule has 1 fully saturated rings. The van der Waals surface area contributed by atoms with Gasteiger partial charge in [-0.05, 0) is 30.9 Å². The summed E-state index contributed by atoms with van der Waals surface area (Å²) in [7, 11) is 0. The maximum atomic E-state index is 12.0. The minimum absolute atomic E-state index is 0.00814. The zero-order valence-corrected chi connectivity index (χ0v) is 16.6. The van der Waals surface area contributed by atoms with Crippen LogP contribution in [0.5, 0.6) is 0 Å². The number of carbonyl (C=O) groups is 3. The van der Waals surface area contributed by atoms with E-state index in [0.717, 1.165) is 5.57 Å². The molecule has 7 nitrogen and oxygen atoms in total. The van der Waals surface area contributed by atoms with E-state index in [2.05, 4.69) is 6.58 Å². The maximum Gasteiger partial charge on any atom is 0.334 e. The van der Waals surface area contributed by atoms with E-state index in [4.69, 9.17) is 14.2 Å². The van der Waals surface area contributed by atoms with Gasteiger partial charge in [-0.2, -0.15) is 0 Å². The van der Waals surface area contributed by atoms with Gasteiger partial charge < -0.3 is 19.3 Å². The Balaban J connectivity index is 2.33. The van der Waals surface area contributed by atoms with Crippen LogP contribution in [0.4, 0.5) is 0 Å². The van der Waals surface area contributed by atoms with Gasteiger partial charge in [-0.25, -0.2) is 4.79 Å². The normalized spacial score (nSPS) is 25.4. The van der Waals surface area contributed by atoms with Crippen LogP contribution in [0, 0.1) is 11.8 Å². The molecule has 0 amide bonds. The summed E-state index contributed by atoms with van der Waals surface area (Å²) in [6, 6.07) is 0. The molecule has 1 saturated heterocycles. The standard InChI is InChI=1S/C21H28O7/c1-12(2)20(24)26-11-16-7-5-6-15(10-22)8-19-17(13(3)21(25)28-19)9-18(16)27-14(4)23/h7-8,12,17-19,22H,3,5-6,9-11H2,1-2,4H3. The van der Waals surface area contributed by atoms with Crippen molar-refractivity contribution in [3.05, 3.63) is 35.5 Å². The van der Waals surface area contributed by atoms with E-state index in [1.165, 1.54) is 6.92 Å². The molecule has 1 aliphatic heterocycles. The molecule has 0 bridgehead atoms. The summed E-state index contributed by atoms with van der Waals surface area (Å²) in [5.41, 5.74) is 1.70. The van der Waals surface area contributed by atoms with Gasteiger partial charge in [0.1, 0.15) is 18.8 Å². The van der Waals surface area contributed by atoms with Crippen LogP contribution in [0.2, 0.25) is 0 Å². The molecule has 154 valence electrons. The van der Waals surface area contributed by atoms with Crippen molar-refractivity contribution in [3.8, 4) is 0 Å². The lowest BCUT2D eigenvalue weighted by Crippen LogP contribution is -2.29. The molecular weight excluding hydrogens is 364 g/mol. The smallest absolute Gasteiger partial charge is 0.334 e. The lowest BCUT2D eigenvalue weighted by Gasteiger charge is -2.26. The third-order valence-corrected chi connectivity index (χ3v) is 4.87. The minimum Gasteiger partial charge on any atom is -0.461 e. The molecule has 7 heteroatoms. The minimum atomic E-state index is -0.666. The number of hydrogen-bond donors (Lipinski definition) is 1. The summed E-state index contributed by atoms with van der Waals surface area (Å²) in [5.74, 6) is -2.00. The molecule has 0 spiro atoms. The number of aliphatic hydroxyl groups is 1. The van der Waals surface area contributed by atoms with E-state index >= 15 is 0 Å². The Kier molecular flexibility index (Phi) is 7.57. The van der Waals surface area contributed by atoms with Crippen LogP contribution in [0.3, 0.4) is 0 Å². The molecule has 3 unspecified atom stereocenters. The highest BCUT2D eigenvalue weighted by molar-refractivity contribution is 5.91. The van der Waals surface area contributed by atoms with Gasteiger partial charge in [-0.1, -0.05) is 26.5 Å². The SMILES string of the molecule is C=C1C(=O)OC2C=C(CO)CCC=C(COC(=O)C(C)C)C(OC(C)=O)CC12. The Labute approximate surface area is 165 Å². The molecule has 0 aromatic rings. The van der Waals surface area contributed by atoms with E-state index in [1.54, 1.807) is 19.9 Å². The average molecular weight is 392 g/mol. The van der Waals surface area contributed by atoms with E-state index in [1.807, 2.05) is 6.08 Å². The first-order chi connectivity index (χ1) is 13.2. The molecule has 1 aliphatic carbocycles. The van der Waals surface area contributed by atoms with Crippen LogP contribution in [0.25, 0.3) is 0 Å². The van der Waals surface area contributed by atoms with Crippen LogP contribution >= 0.6 is 0 Å². The molecule has 2 aliphatic rings.